The second-order valence-electron chi connectivity index (χ2n) is 20.7. The van der Waals surface area contributed by atoms with Crippen molar-refractivity contribution in [2.75, 3.05) is 4.90 Å². The van der Waals surface area contributed by atoms with Gasteiger partial charge in [-0.05, 0) is 144 Å². The summed E-state index contributed by atoms with van der Waals surface area (Å²) in [6, 6.07) is 102. The maximum absolute atomic E-state index is 2.55. The van der Waals surface area contributed by atoms with Crippen LogP contribution in [0.4, 0.5) is 17.1 Å². The molecule has 0 saturated carbocycles. The monoisotopic (exact) mass is 963 g/mol. The standard InChI is InChI=1S/C73H45N3/c1-2-19-47(20-3-1)74-70-35-16-12-31-64(70)73(65-32-13-17-36-71(65)74)63-30-11-8-25-56(63)57-41-39-49(45-66(57)73)76-68-34-15-9-26-58(68)60-29-18-28-50(72(60)76)46-37-42-69-62(43-46)59-27-10-14-33-67(59)75(69)48-38-40-55-53-23-5-4-21-51(53)52-22-6-7-24-54(52)61(55)44-48/h1-45H. The molecule has 3 nitrogen and oxygen atoms in total. The van der Waals surface area contributed by atoms with Gasteiger partial charge in [-0.25, -0.2) is 0 Å². The van der Waals surface area contributed by atoms with Gasteiger partial charge in [0.2, 0.25) is 0 Å². The summed E-state index contributed by atoms with van der Waals surface area (Å²) in [6.45, 7) is 0. The van der Waals surface area contributed by atoms with Crippen molar-refractivity contribution in [2.45, 2.75) is 5.41 Å². The molecule has 0 radical (unpaired) electrons. The molecule has 3 heteroatoms. The smallest absolute Gasteiger partial charge is 0.0755 e. The summed E-state index contributed by atoms with van der Waals surface area (Å²) in [5.74, 6) is 0. The van der Waals surface area contributed by atoms with Gasteiger partial charge in [-0.1, -0.05) is 200 Å². The molecule has 2 aliphatic rings. The van der Waals surface area contributed by atoms with E-state index in [2.05, 4.69) is 287 Å². The number of para-hydroxylation sites is 6. The fourth-order valence-corrected chi connectivity index (χ4v) is 14.1. The Morgan fingerprint density at radius 1 is 0.237 bits per heavy atom. The Morgan fingerprint density at radius 3 is 1.43 bits per heavy atom. The van der Waals surface area contributed by atoms with Gasteiger partial charge < -0.3 is 14.0 Å². The zero-order valence-electron chi connectivity index (χ0n) is 41.3. The summed E-state index contributed by atoms with van der Waals surface area (Å²) in [7, 11) is 0. The lowest BCUT2D eigenvalue weighted by atomic mass is 9.64. The van der Waals surface area contributed by atoms with E-state index in [1.807, 2.05) is 0 Å². The van der Waals surface area contributed by atoms with E-state index in [0.29, 0.717) is 0 Å². The van der Waals surface area contributed by atoms with Crippen LogP contribution < -0.4 is 4.90 Å². The first-order chi connectivity index (χ1) is 37.7. The molecular weight excluding hydrogens is 919 g/mol. The molecule has 0 unspecified atom stereocenters. The van der Waals surface area contributed by atoms with Crippen molar-refractivity contribution in [2.24, 2.45) is 0 Å². The van der Waals surface area contributed by atoms with E-state index in [9.17, 15) is 0 Å². The van der Waals surface area contributed by atoms with Gasteiger partial charge in [-0.3, -0.25) is 0 Å². The molecule has 15 aromatic rings. The molecule has 76 heavy (non-hydrogen) atoms. The number of rotatable bonds is 4. The molecule has 0 N–H and O–H groups in total. The van der Waals surface area contributed by atoms with Gasteiger partial charge in [0.15, 0.2) is 0 Å². The predicted octanol–water partition coefficient (Wildman–Crippen LogP) is 19.2. The van der Waals surface area contributed by atoms with Gasteiger partial charge in [0.05, 0.1) is 38.9 Å². The summed E-state index contributed by atoms with van der Waals surface area (Å²) >= 11 is 0. The van der Waals surface area contributed by atoms with Crippen LogP contribution in [0.25, 0.3) is 110 Å². The van der Waals surface area contributed by atoms with Crippen LogP contribution in [0.5, 0.6) is 0 Å². The van der Waals surface area contributed by atoms with Gasteiger partial charge in [0.1, 0.15) is 0 Å². The Kier molecular flexibility index (Phi) is 8.48. The molecular formula is C73H45N3. The first kappa shape index (κ1) is 41.5. The highest BCUT2D eigenvalue weighted by Crippen LogP contribution is 2.63. The average Bonchev–Trinajstić information content (AvgIpc) is 4.17. The lowest BCUT2D eigenvalue weighted by Crippen LogP contribution is -2.36. The fourth-order valence-electron chi connectivity index (χ4n) is 14.1. The van der Waals surface area contributed by atoms with E-state index in [4.69, 9.17) is 0 Å². The van der Waals surface area contributed by atoms with E-state index in [0.717, 1.165) is 17.1 Å². The third kappa shape index (κ3) is 5.45. The molecule has 0 amide bonds. The van der Waals surface area contributed by atoms with Crippen molar-refractivity contribution in [3.05, 3.63) is 295 Å². The van der Waals surface area contributed by atoms with Crippen LogP contribution in [0.1, 0.15) is 22.3 Å². The zero-order chi connectivity index (χ0) is 49.6. The van der Waals surface area contributed by atoms with Crippen LogP contribution in [0.15, 0.2) is 273 Å². The molecule has 1 aliphatic heterocycles. The Labute approximate surface area is 439 Å². The maximum atomic E-state index is 2.55. The van der Waals surface area contributed by atoms with Crippen molar-refractivity contribution < 1.29 is 0 Å². The molecule has 2 aromatic heterocycles. The van der Waals surface area contributed by atoms with Crippen molar-refractivity contribution >= 4 is 93.0 Å². The van der Waals surface area contributed by atoms with Crippen molar-refractivity contribution in [1.29, 1.82) is 0 Å². The van der Waals surface area contributed by atoms with Crippen LogP contribution in [0.3, 0.4) is 0 Å². The summed E-state index contributed by atoms with van der Waals surface area (Å²) in [5.41, 5.74) is 20.1. The first-order valence-corrected chi connectivity index (χ1v) is 26.4. The summed E-state index contributed by atoms with van der Waals surface area (Å²) < 4.78 is 5.01. The molecule has 17 rings (SSSR count). The van der Waals surface area contributed by atoms with Crippen LogP contribution in [-0.2, 0) is 5.41 Å². The number of fused-ring (bicyclic) bond motifs is 21. The van der Waals surface area contributed by atoms with Crippen LogP contribution in [-0.4, -0.2) is 9.13 Å². The lowest BCUT2D eigenvalue weighted by Gasteiger charge is -2.45. The minimum absolute atomic E-state index is 0.576. The van der Waals surface area contributed by atoms with Crippen molar-refractivity contribution in [3.8, 4) is 33.6 Å². The third-order valence-corrected chi connectivity index (χ3v) is 17.1. The molecule has 3 heterocycles. The summed E-state index contributed by atoms with van der Waals surface area (Å²) in [5, 5.41) is 12.6. The highest BCUT2D eigenvalue weighted by Gasteiger charge is 2.51. The lowest BCUT2D eigenvalue weighted by molar-refractivity contribution is 0.752. The molecule has 0 fully saturated rings. The molecule has 0 bridgehead atoms. The van der Waals surface area contributed by atoms with Gasteiger partial charge in [-0.2, -0.15) is 0 Å². The molecule has 13 aromatic carbocycles. The Morgan fingerprint density at radius 2 is 0.724 bits per heavy atom. The van der Waals surface area contributed by atoms with Crippen molar-refractivity contribution in [1.82, 2.24) is 9.13 Å². The normalized spacial score (nSPS) is 13.3. The SMILES string of the molecule is c1ccc(N2c3ccccc3C3(c4ccccc4-c4ccc(-n5c6ccccc6c6cccc(-c7ccc8c(c7)c7ccccc7n8-c7ccc8c9ccccc9c9ccccc9c8c7)c65)cc43)c3ccccc32)cc1. The number of aromatic nitrogens is 2. The third-order valence-electron chi connectivity index (χ3n) is 17.1. The van der Waals surface area contributed by atoms with Crippen molar-refractivity contribution in [3.63, 3.8) is 0 Å². The largest absolute Gasteiger partial charge is 0.310 e. The van der Waals surface area contributed by atoms with Gasteiger partial charge >= 0.3 is 0 Å². The number of anilines is 3. The minimum Gasteiger partial charge on any atom is -0.310 e. The fraction of sp³-hybridized carbons (Fsp3) is 0.0137. The number of benzene rings is 13. The number of hydrogen-bond acceptors (Lipinski definition) is 1. The van der Waals surface area contributed by atoms with E-state index < -0.39 is 5.41 Å². The number of hydrogen-bond donors (Lipinski definition) is 0. The zero-order valence-corrected chi connectivity index (χ0v) is 41.3. The van der Waals surface area contributed by atoms with E-state index in [-0.39, 0.29) is 0 Å². The average molecular weight is 964 g/mol. The molecule has 0 atom stereocenters. The quantitative estimate of drug-likeness (QED) is 0.160. The molecule has 1 aliphatic carbocycles. The summed E-state index contributed by atoms with van der Waals surface area (Å²) in [4.78, 5) is 2.46. The second-order valence-corrected chi connectivity index (χ2v) is 20.7. The molecule has 1 spiro atoms. The second kappa shape index (κ2) is 15.5. The van der Waals surface area contributed by atoms with Crippen LogP contribution in [0, 0.1) is 0 Å². The first-order valence-electron chi connectivity index (χ1n) is 26.4. The van der Waals surface area contributed by atoms with Crippen LogP contribution in [0.2, 0.25) is 0 Å². The molecule has 352 valence electrons. The number of nitrogens with zero attached hydrogens (tertiary/aromatic N) is 3. The Balaban J connectivity index is 0.890. The topological polar surface area (TPSA) is 13.1 Å². The van der Waals surface area contributed by atoms with Gasteiger partial charge in [0.25, 0.3) is 0 Å². The highest BCUT2D eigenvalue weighted by molar-refractivity contribution is 6.26. The Hall–Kier alpha value is -9.96. The molecule has 0 saturated heterocycles. The van der Waals surface area contributed by atoms with Gasteiger partial charge in [0, 0.05) is 44.2 Å². The summed E-state index contributed by atoms with van der Waals surface area (Å²) in [6.07, 6.45) is 0. The minimum atomic E-state index is -0.576. The van der Waals surface area contributed by atoms with E-state index >= 15 is 0 Å². The van der Waals surface area contributed by atoms with E-state index in [1.54, 1.807) is 0 Å². The van der Waals surface area contributed by atoms with Gasteiger partial charge in [-0.15, -0.1) is 0 Å². The van der Waals surface area contributed by atoms with Crippen LogP contribution >= 0.6 is 0 Å². The highest BCUT2D eigenvalue weighted by atomic mass is 15.2. The maximum Gasteiger partial charge on any atom is 0.0755 e. The van der Waals surface area contributed by atoms with E-state index in [1.165, 1.54) is 132 Å². The predicted molar refractivity (Wildman–Crippen MR) is 319 cm³/mol. The Bertz CT molecular complexity index is 4870.